The molecule has 0 saturated carbocycles. The number of amides is 2. The molecule has 0 heterocycles. The molecule has 8 nitrogen and oxygen atoms in total. The quantitative estimate of drug-likeness (QED) is 0.362. The maximum Gasteiger partial charge on any atom is 0.407 e. The van der Waals surface area contributed by atoms with Crippen LogP contribution in [-0.4, -0.2) is 63.0 Å². The number of ether oxygens (including phenoxy) is 2. The minimum atomic E-state index is -0.456. The smallest absolute Gasteiger partial charge is 0.407 e. The molecule has 1 aromatic rings. The maximum atomic E-state index is 13.2. The molecular weight excluding hydrogens is 403 g/mol. The van der Waals surface area contributed by atoms with Gasteiger partial charge in [0.1, 0.15) is 19.0 Å². The first-order chi connectivity index (χ1) is 15.0. The van der Waals surface area contributed by atoms with E-state index < -0.39 is 12.2 Å². The van der Waals surface area contributed by atoms with E-state index in [9.17, 15) is 14.0 Å². The summed E-state index contributed by atoms with van der Waals surface area (Å²) in [6, 6.07) is 5.67. The summed E-state index contributed by atoms with van der Waals surface area (Å²) >= 11 is 0. The molecule has 176 valence electrons. The van der Waals surface area contributed by atoms with E-state index in [-0.39, 0.29) is 25.1 Å². The molecule has 0 radical (unpaired) electrons. The molecule has 0 spiro atoms. The molecule has 0 bridgehead atoms. The fourth-order valence-electron chi connectivity index (χ4n) is 2.76. The van der Waals surface area contributed by atoms with E-state index in [4.69, 9.17) is 15.2 Å². The second-order valence-electron chi connectivity index (χ2n) is 7.29. The van der Waals surface area contributed by atoms with E-state index in [1.807, 2.05) is 18.7 Å². The minimum Gasteiger partial charge on any atom is -0.448 e. The third-order valence-corrected chi connectivity index (χ3v) is 4.63. The molecule has 1 rings (SSSR count). The summed E-state index contributed by atoms with van der Waals surface area (Å²) in [4.78, 5) is 25.4. The number of nitrogens with two attached hydrogens (primary N) is 1. The molecule has 0 aliphatic rings. The molecular formula is C22H37FN4O4. The normalized spacial score (nSPS) is 11.8. The highest BCUT2D eigenvalue weighted by molar-refractivity contribution is 5.67. The zero-order valence-corrected chi connectivity index (χ0v) is 18.7. The van der Waals surface area contributed by atoms with Gasteiger partial charge < -0.3 is 25.8 Å². The minimum absolute atomic E-state index is 0.177. The van der Waals surface area contributed by atoms with Crippen LogP contribution in [-0.2, 0) is 9.47 Å². The third-order valence-electron chi connectivity index (χ3n) is 4.63. The number of halogens is 1. The van der Waals surface area contributed by atoms with Crippen LogP contribution >= 0.6 is 0 Å². The van der Waals surface area contributed by atoms with E-state index in [2.05, 4.69) is 10.6 Å². The van der Waals surface area contributed by atoms with Gasteiger partial charge in [-0.25, -0.2) is 14.0 Å². The van der Waals surface area contributed by atoms with Gasteiger partial charge in [-0.15, -0.1) is 0 Å². The molecule has 0 aliphatic carbocycles. The SMILES string of the molecule is CCCCNC(=O)OCCN(CCOC(=O)NCCCC)CC(N)c1ccc(F)cc1. The van der Waals surface area contributed by atoms with Crippen molar-refractivity contribution in [2.24, 2.45) is 5.73 Å². The summed E-state index contributed by atoms with van der Waals surface area (Å²) in [5.74, 6) is -0.322. The van der Waals surface area contributed by atoms with Crippen LogP contribution in [0.1, 0.15) is 51.1 Å². The molecule has 31 heavy (non-hydrogen) atoms. The molecule has 1 atom stereocenters. The predicted molar refractivity (Wildman–Crippen MR) is 118 cm³/mol. The summed E-state index contributed by atoms with van der Waals surface area (Å²) in [5.41, 5.74) is 7.06. The monoisotopic (exact) mass is 440 g/mol. The van der Waals surface area contributed by atoms with Crippen molar-refractivity contribution in [1.29, 1.82) is 0 Å². The zero-order chi connectivity index (χ0) is 22.9. The lowest BCUT2D eigenvalue weighted by Gasteiger charge is -2.25. The number of alkyl carbamates (subject to hydrolysis) is 2. The Balaban J connectivity index is 2.50. The highest BCUT2D eigenvalue weighted by Crippen LogP contribution is 2.12. The standard InChI is InChI=1S/C22H37FN4O4/c1-3-5-11-25-21(28)30-15-13-27(14-16-31-22(29)26-12-6-4-2)17-20(24)18-7-9-19(23)10-8-18/h7-10,20H,3-6,11-17,24H2,1-2H3,(H,25,28)(H,26,29). The first kappa shape index (κ1) is 26.6. The average Bonchev–Trinajstić information content (AvgIpc) is 2.74. The zero-order valence-electron chi connectivity index (χ0n) is 18.7. The largest absolute Gasteiger partial charge is 0.448 e. The molecule has 0 aromatic heterocycles. The van der Waals surface area contributed by atoms with Gasteiger partial charge in [0.25, 0.3) is 0 Å². The lowest BCUT2D eigenvalue weighted by molar-refractivity contribution is 0.104. The van der Waals surface area contributed by atoms with Gasteiger partial charge in [-0.1, -0.05) is 38.8 Å². The van der Waals surface area contributed by atoms with Gasteiger partial charge >= 0.3 is 12.2 Å². The van der Waals surface area contributed by atoms with E-state index in [1.165, 1.54) is 12.1 Å². The van der Waals surface area contributed by atoms with E-state index >= 15 is 0 Å². The van der Waals surface area contributed by atoms with Gasteiger partial charge in [-0.3, -0.25) is 4.90 Å². The summed E-state index contributed by atoms with van der Waals surface area (Å²) in [5, 5.41) is 5.39. The molecule has 4 N–H and O–H groups in total. The number of nitrogens with zero attached hydrogens (tertiary/aromatic N) is 1. The summed E-state index contributed by atoms with van der Waals surface area (Å²) in [7, 11) is 0. The fourth-order valence-corrected chi connectivity index (χ4v) is 2.76. The Bertz CT molecular complexity index is 602. The average molecular weight is 441 g/mol. The van der Waals surface area contributed by atoms with Gasteiger partial charge in [-0.2, -0.15) is 0 Å². The Morgan fingerprint density at radius 2 is 1.45 bits per heavy atom. The van der Waals surface area contributed by atoms with E-state index in [0.29, 0.717) is 32.7 Å². The molecule has 9 heteroatoms. The van der Waals surface area contributed by atoms with Gasteiger partial charge in [0.2, 0.25) is 0 Å². The molecule has 1 unspecified atom stereocenters. The number of hydrogen-bond donors (Lipinski definition) is 3. The van der Waals surface area contributed by atoms with Crippen LogP contribution in [0.15, 0.2) is 24.3 Å². The van der Waals surface area contributed by atoms with Crippen molar-refractivity contribution in [3.63, 3.8) is 0 Å². The van der Waals surface area contributed by atoms with Crippen LogP contribution in [0, 0.1) is 5.82 Å². The van der Waals surface area contributed by atoms with Gasteiger partial charge in [-0.05, 0) is 30.5 Å². The van der Waals surface area contributed by atoms with E-state index in [1.54, 1.807) is 12.1 Å². The number of carbonyl (C=O) groups excluding carboxylic acids is 2. The van der Waals surface area contributed by atoms with Crippen molar-refractivity contribution in [2.45, 2.75) is 45.6 Å². The Morgan fingerprint density at radius 3 is 1.90 bits per heavy atom. The molecule has 0 aliphatic heterocycles. The Labute approximate surface area is 184 Å². The van der Waals surface area contributed by atoms with Crippen LogP contribution in [0.5, 0.6) is 0 Å². The molecule has 0 fully saturated rings. The summed E-state index contributed by atoms with van der Waals surface area (Å²) in [6.45, 7) is 6.89. The summed E-state index contributed by atoms with van der Waals surface area (Å²) < 4.78 is 23.6. The molecule has 0 saturated heterocycles. The topological polar surface area (TPSA) is 106 Å². The molecule has 2 amide bonds. The third kappa shape index (κ3) is 12.8. The summed E-state index contributed by atoms with van der Waals surface area (Å²) in [6.07, 6.45) is 2.85. The van der Waals surface area contributed by atoms with Crippen molar-refractivity contribution < 1.29 is 23.5 Å². The van der Waals surface area contributed by atoms with E-state index in [0.717, 1.165) is 31.2 Å². The van der Waals surface area contributed by atoms with Crippen LogP contribution in [0.4, 0.5) is 14.0 Å². The van der Waals surface area contributed by atoms with Crippen LogP contribution in [0.2, 0.25) is 0 Å². The Hall–Kier alpha value is -2.39. The second-order valence-corrected chi connectivity index (χ2v) is 7.29. The Morgan fingerprint density at radius 1 is 0.968 bits per heavy atom. The predicted octanol–water partition coefficient (Wildman–Crippen LogP) is 3.18. The number of rotatable bonds is 15. The van der Waals surface area contributed by atoms with Crippen molar-refractivity contribution in [1.82, 2.24) is 15.5 Å². The van der Waals surface area contributed by atoms with Crippen LogP contribution in [0.3, 0.4) is 0 Å². The lowest BCUT2D eigenvalue weighted by Crippen LogP contribution is -2.39. The van der Waals surface area contributed by atoms with Crippen molar-refractivity contribution >= 4 is 12.2 Å². The number of unbranched alkanes of at least 4 members (excludes halogenated alkanes) is 2. The van der Waals surface area contributed by atoms with Crippen molar-refractivity contribution in [3.8, 4) is 0 Å². The van der Waals surface area contributed by atoms with Crippen LogP contribution < -0.4 is 16.4 Å². The second kappa shape index (κ2) is 16.3. The van der Waals surface area contributed by atoms with Crippen molar-refractivity contribution in [2.75, 3.05) is 45.9 Å². The molecule has 1 aromatic carbocycles. The number of hydrogen-bond acceptors (Lipinski definition) is 6. The first-order valence-electron chi connectivity index (χ1n) is 11.0. The Kier molecular flexibility index (Phi) is 14.0. The van der Waals surface area contributed by atoms with Gasteiger partial charge in [0.05, 0.1) is 0 Å². The van der Waals surface area contributed by atoms with Gasteiger partial charge in [0, 0.05) is 38.8 Å². The number of nitrogens with one attached hydrogen (secondary N) is 2. The maximum absolute atomic E-state index is 13.2. The highest BCUT2D eigenvalue weighted by atomic mass is 19.1. The van der Waals surface area contributed by atoms with Gasteiger partial charge in [0.15, 0.2) is 0 Å². The highest BCUT2D eigenvalue weighted by Gasteiger charge is 2.14. The number of carbonyl (C=O) groups is 2. The van der Waals surface area contributed by atoms with Crippen LogP contribution in [0.25, 0.3) is 0 Å². The first-order valence-corrected chi connectivity index (χ1v) is 11.0. The van der Waals surface area contributed by atoms with Crippen molar-refractivity contribution in [3.05, 3.63) is 35.6 Å². The fraction of sp³-hybridized carbons (Fsp3) is 0.636. The number of benzene rings is 1. The lowest BCUT2D eigenvalue weighted by atomic mass is 10.1.